The number of rotatable bonds is 4. The number of ether oxygens (including phenoxy) is 1. The van der Waals surface area contributed by atoms with E-state index < -0.39 is 11.6 Å². The highest BCUT2D eigenvalue weighted by molar-refractivity contribution is 9.10. The molecular weight excluding hydrogens is 308 g/mol. The van der Waals surface area contributed by atoms with Gasteiger partial charge in [0.15, 0.2) is 0 Å². The Morgan fingerprint density at radius 1 is 1.11 bits per heavy atom. The fourth-order valence-corrected chi connectivity index (χ4v) is 1.98. The number of carbonyl (C=O) groups is 1. The molecule has 0 unspecified atom stereocenters. The maximum atomic E-state index is 11.6. The second-order valence-corrected chi connectivity index (χ2v) is 5.18. The number of carboxylic acids is 1. The van der Waals surface area contributed by atoms with E-state index in [1.54, 1.807) is 43.3 Å². The molecule has 0 amide bonds. The minimum Gasteiger partial charge on any atom is -0.478 e. The van der Waals surface area contributed by atoms with E-state index in [0.29, 0.717) is 11.3 Å². The molecule has 19 heavy (non-hydrogen) atoms. The summed E-state index contributed by atoms with van der Waals surface area (Å²) >= 11 is 3.33. The van der Waals surface area contributed by atoms with Crippen molar-refractivity contribution in [3.8, 4) is 5.75 Å². The van der Waals surface area contributed by atoms with Gasteiger partial charge in [-0.1, -0.05) is 46.3 Å². The van der Waals surface area contributed by atoms with Crippen LogP contribution in [0.2, 0.25) is 0 Å². The van der Waals surface area contributed by atoms with Gasteiger partial charge in [-0.05, 0) is 31.2 Å². The highest BCUT2D eigenvalue weighted by atomic mass is 79.9. The fourth-order valence-electron chi connectivity index (χ4n) is 1.72. The second kappa shape index (κ2) is 5.45. The lowest BCUT2D eigenvalue weighted by Gasteiger charge is -2.26. The van der Waals surface area contributed by atoms with Crippen LogP contribution in [0.4, 0.5) is 0 Å². The van der Waals surface area contributed by atoms with Gasteiger partial charge in [0, 0.05) is 10.0 Å². The molecule has 3 nitrogen and oxygen atoms in total. The van der Waals surface area contributed by atoms with Gasteiger partial charge in [-0.15, -0.1) is 0 Å². The van der Waals surface area contributed by atoms with Crippen LogP contribution in [0, 0.1) is 0 Å². The third kappa shape index (κ3) is 2.96. The molecule has 2 rings (SSSR count). The summed E-state index contributed by atoms with van der Waals surface area (Å²) in [6.45, 7) is 1.55. The number of halogens is 1. The van der Waals surface area contributed by atoms with Crippen LogP contribution in [-0.2, 0) is 10.4 Å². The first kappa shape index (κ1) is 13.6. The average Bonchev–Trinajstić information content (AvgIpc) is 2.42. The van der Waals surface area contributed by atoms with Crippen molar-refractivity contribution >= 4 is 21.9 Å². The summed E-state index contributed by atoms with van der Waals surface area (Å²) in [5, 5.41) is 9.47. The first-order valence-electron chi connectivity index (χ1n) is 5.76. The van der Waals surface area contributed by atoms with Crippen molar-refractivity contribution < 1.29 is 14.6 Å². The Hall–Kier alpha value is -1.81. The van der Waals surface area contributed by atoms with Crippen molar-refractivity contribution in [2.45, 2.75) is 12.5 Å². The minimum atomic E-state index is -1.41. The van der Waals surface area contributed by atoms with Crippen LogP contribution in [0.25, 0.3) is 0 Å². The van der Waals surface area contributed by atoms with Gasteiger partial charge in [0.05, 0.1) is 0 Å². The summed E-state index contributed by atoms with van der Waals surface area (Å²) in [5.74, 6) is -0.515. The van der Waals surface area contributed by atoms with E-state index in [1.165, 1.54) is 0 Å². The van der Waals surface area contributed by atoms with Gasteiger partial charge < -0.3 is 9.84 Å². The number of carboxylic acid groups (broad SMARTS) is 1. The van der Waals surface area contributed by atoms with Crippen LogP contribution >= 0.6 is 15.9 Å². The third-order valence-electron chi connectivity index (χ3n) is 2.87. The molecule has 4 heteroatoms. The Balaban J connectivity index is 2.36. The molecule has 0 aliphatic carbocycles. The molecule has 0 heterocycles. The lowest BCUT2D eigenvalue weighted by molar-refractivity contribution is -0.154. The van der Waals surface area contributed by atoms with Crippen molar-refractivity contribution in [1.82, 2.24) is 0 Å². The molecule has 0 fully saturated rings. The Kier molecular flexibility index (Phi) is 3.90. The van der Waals surface area contributed by atoms with Crippen LogP contribution in [0.5, 0.6) is 5.75 Å². The van der Waals surface area contributed by atoms with Crippen molar-refractivity contribution in [2.75, 3.05) is 0 Å². The second-order valence-electron chi connectivity index (χ2n) is 4.26. The Morgan fingerprint density at radius 3 is 2.21 bits per heavy atom. The molecule has 2 aromatic carbocycles. The predicted octanol–water partition coefficient (Wildman–Crippen LogP) is 3.83. The summed E-state index contributed by atoms with van der Waals surface area (Å²) < 4.78 is 6.60. The number of hydrogen-bond acceptors (Lipinski definition) is 2. The molecule has 98 valence electrons. The van der Waals surface area contributed by atoms with Crippen LogP contribution in [0.1, 0.15) is 12.5 Å². The smallest absolute Gasteiger partial charge is 0.352 e. The van der Waals surface area contributed by atoms with Gasteiger partial charge in [0.1, 0.15) is 5.75 Å². The largest absolute Gasteiger partial charge is 0.478 e. The minimum absolute atomic E-state index is 0.511. The van der Waals surface area contributed by atoms with E-state index in [0.717, 1.165) is 4.47 Å². The average molecular weight is 321 g/mol. The highest BCUT2D eigenvalue weighted by Gasteiger charge is 2.37. The quantitative estimate of drug-likeness (QED) is 0.931. The van der Waals surface area contributed by atoms with Gasteiger partial charge in [0.2, 0.25) is 5.60 Å². The van der Waals surface area contributed by atoms with Crippen molar-refractivity contribution in [2.24, 2.45) is 0 Å². The standard InChI is InChI=1S/C15H13BrO3/c1-15(14(17)18,11-5-3-2-4-6-11)19-13-9-7-12(16)8-10-13/h2-10H,1H3,(H,17,18)/t15-/m1/s1. The third-order valence-corrected chi connectivity index (χ3v) is 3.40. The number of aliphatic carboxylic acids is 1. The van der Waals surface area contributed by atoms with E-state index in [9.17, 15) is 9.90 Å². The summed E-state index contributed by atoms with van der Waals surface area (Å²) in [4.78, 5) is 11.6. The topological polar surface area (TPSA) is 46.5 Å². The molecule has 0 aromatic heterocycles. The summed E-state index contributed by atoms with van der Waals surface area (Å²) in [7, 11) is 0. The molecule has 0 radical (unpaired) electrons. The Labute approximate surface area is 120 Å². The molecule has 2 aromatic rings. The Morgan fingerprint density at radius 2 is 1.68 bits per heavy atom. The summed E-state index contributed by atoms with van der Waals surface area (Å²) in [5.41, 5.74) is -0.805. The maximum absolute atomic E-state index is 11.6. The van der Waals surface area contributed by atoms with Crippen molar-refractivity contribution in [3.63, 3.8) is 0 Å². The zero-order valence-electron chi connectivity index (χ0n) is 10.3. The SMILES string of the molecule is C[C@](Oc1ccc(Br)cc1)(C(=O)O)c1ccccc1. The molecule has 0 saturated carbocycles. The molecule has 0 aliphatic heterocycles. The molecule has 0 aliphatic rings. The molecule has 1 N–H and O–H groups in total. The predicted molar refractivity (Wildman–Crippen MR) is 76.2 cm³/mol. The maximum Gasteiger partial charge on any atom is 0.352 e. The van der Waals surface area contributed by atoms with E-state index in [2.05, 4.69) is 15.9 Å². The van der Waals surface area contributed by atoms with E-state index >= 15 is 0 Å². The van der Waals surface area contributed by atoms with E-state index in [1.807, 2.05) is 18.2 Å². The normalized spacial score (nSPS) is 13.6. The lowest BCUT2D eigenvalue weighted by atomic mass is 9.96. The molecule has 1 atom stereocenters. The fraction of sp³-hybridized carbons (Fsp3) is 0.133. The van der Waals surface area contributed by atoms with Crippen molar-refractivity contribution in [1.29, 1.82) is 0 Å². The van der Waals surface area contributed by atoms with Gasteiger partial charge in [-0.3, -0.25) is 0 Å². The molecule has 0 bridgehead atoms. The number of hydrogen-bond donors (Lipinski definition) is 1. The van der Waals surface area contributed by atoms with Gasteiger partial charge >= 0.3 is 5.97 Å². The zero-order valence-corrected chi connectivity index (χ0v) is 11.9. The van der Waals surface area contributed by atoms with Crippen LogP contribution in [0.15, 0.2) is 59.1 Å². The van der Waals surface area contributed by atoms with Gasteiger partial charge in [0.25, 0.3) is 0 Å². The van der Waals surface area contributed by atoms with Gasteiger partial charge in [-0.25, -0.2) is 4.79 Å². The molecular formula is C15H13BrO3. The first-order valence-corrected chi connectivity index (χ1v) is 6.55. The van der Waals surface area contributed by atoms with Crippen LogP contribution in [0.3, 0.4) is 0 Å². The monoisotopic (exact) mass is 320 g/mol. The van der Waals surface area contributed by atoms with E-state index in [-0.39, 0.29) is 0 Å². The molecule has 0 saturated heterocycles. The first-order chi connectivity index (χ1) is 9.02. The summed E-state index contributed by atoms with van der Waals surface area (Å²) in [6.07, 6.45) is 0. The van der Waals surface area contributed by atoms with Crippen LogP contribution in [-0.4, -0.2) is 11.1 Å². The van der Waals surface area contributed by atoms with Crippen LogP contribution < -0.4 is 4.74 Å². The highest BCUT2D eigenvalue weighted by Crippen LogP contribution is 2.29. The van der Waals surface area contributed by atoms with Gasteiger partial charge in [-0.2, -0.15) is 0 Å². The summed E-state index contributed by atoms with van der Waals surface area (Å²) in [6, 6.07) is 16.0. The van der Waals surface area contributed by atoms with E-state index in [4.69, 9.17) is 4.74 Å². The molecule has 0 spiro atoms. The lowest BCUT2D eigenvalue weighted by Crippen LogP contribution is -2.38. The Bertz CT molecular complexity index is 566. The number of benzene rings is 2. The zero-order chi connectivity index (χ0) is 13.9. The van der Waals surface area contributed by atoms with Crippen molar-refractivity contribution in [3.05, 3.63) is 64.6 Å².